The molecule has 2 aromatic carbocycles. The highest BCUT2D eigenvalue weighted by Crippen LogP contribution is 2.25. The topological polar surface area (TPSA) is 142 Å². The fourth-order valence-corrected chi connectivity index (χ4v) is 2.70. The Bertz CT molecular complexity index is 1050. The summed E-state index contributed by atoms with van der Waals surface area (Å²) >= 11 is 16.5. The van der Waals surface area contributed by atoms with Crippen LogP contribution in [0.3, 0.4) is 0 Å². The minimum atomic E-state index is -0.745. The monoisotopic (exact) mass is 483 g/mol. The number of anilines is 1. The van der Waals surface area contributed by atoms with Crippen molar-refractivity contribution in [1.82, 2.24) is 16.2 Å². The molecule has 4 N–H and O–H groups in total. The number of nitrogens with one attached hydrogen (secondary N) is 4. The minimum Gasteiger partial charge on any atom is -0.325 e. The molecule has 31 heavy (non-hydrogen) atoms. The third-order valence-electron chi connectivity index (χ3n) is 3.67. The maximum absolute atomic E-state index is 12.1. The fraction of sp³-hybridized carbons (Fsp3) is 0.111. The molecular weight excluding hydrogens is 469 g/mol. The number of para-hydroxylation sites is 1. The molecule has 0 aliphatic heterocycles. The van der Waals surface area contributed by atoms with Crippen LogP contribution in [0.15, 0.2) is 42.5 Å². The van der Waals surface area contributed by atoms with E-state index in [1.54, 1.807) is 24.3 Å². The van der Waals surface area contributed by atoms with Gasteiger partial charge in [0, 0.05) is 24.5 Å². The number of carbonyl (C=O) groups is 3. The van der Waals surface area contributed by atoms with E-state index in [9.17, 15) is 24.5 Å². The summed E-state index contributed by atoms with van der Waals surface area (Å²) in [7, 11) is 0. The lowest BCUT2D eigenvalue weighted by Gasteiger charge is -2.11. The molecule has 0 bridgehead atoms. The van der Waals surface area contributed by atoms with Crippen LogP contribution in [-0.4, -0.2) is 27.8 Å². The second-order valence-corrected chi connectivity index (χ2v) is 7.13. The van der Waals surface area contributed by atoms with Crippen molar-refractivity contribution in [3.63, 3.8) is 0 Å². The summed E-state index contributed by atoms with van der Waals surface area (Å²) in [5.41, 5.74) is 4.47. The SMILES string of the molecule is O=C(CCC(=O)Nc1ccccc1Cl)NNC(=S)NC(=O)c1ccc(Cl)c([N+](=O)[O-])c1. The number of nitrogens with zero attached hydrogens (tertiary/aromatic N) is 1. The van der Waals surface area contributed by atoms with E-state index >= 15 is 0 Å². The van der Waals surface area contributed by atoms with Crippen LogP contribution >= 0.6 is 35.4 Å². The molecule has 2 aromatic rings. The number of hydrazine groups is 1. The Kier molecular flexibility index (Phi) is 8.67. The van der Waals surface area contributed by atoms with Gasteiger partial charge < -0.3 is 5.32 Å². The Balaban J connectivity index is 1.76. The molecule has 13 heteroatoms. The molecule has 2 rings (SSSR count). The molecule has 0 radical (unpaired) electrons. The lowest BCUT2D eigenvalue weighted by atomic mass is 10.2. The van der Waals surface area contributed by atoms with Gasteiger partial charge in [-0.15, -0.1) is 0 Å². The highest BCUT2D eigenvalue weighted by atomic mass is 35.5. The number of benzene rings is 2. The van der Waals surface area contributed by atoms with E-state index in [0.29, 0.717) is 10.7 Å². The van der Waals surface area contributed by atoms with Gasteiger partial charge in [-0.25, -0.2) is 0 Å². The highest BCUT2D eigenvalue weighted by molar-refractivity contribution is 7.80. The van der Waals surface area contributed by atoms with E-state index in [0.717, 1.165) is 6.07 Å². The lowest BCUT2D eigenvalue weighted by Crippen LogP contribution is -2.48. The molecule has 3 amide bonds. The molecule has 0 fully saturated rings. The van der Waals surface area contributed by atoms with Gasteiger partial charge in [0.15, 0.2) is 5.11 Å². The summed E-state index contributed by atoms with van der Waals surface area (Å²) in [6.45, 7) is 0. The van der Waals surface area contributed by atoms with Crippen molar-refractivity contribution in [2.45, 2.75) is 12.8 Å². The molecule has 0 atom stereocenters. The van der Waals surface area contributed by atoms with Crippen LogP contribution in [0, 0.1) is 10.1 Å². The number of halogens is 2. The fourth-order valence-electron chi connectivity index (χ4n) is 2.19. The highest BCUT2D eigenvalue weighted by Gasteiger charge is 2.17. The molecule has 0 aliphatic carbocycles. The van der Waals surface area contributed by atoms with Crippen LogP contribution in [0.2, 0.25) is 10.0 Å². The maximum atomic E-state index is 12.1. The Hall–Kier alpha value is -3.28. The minimum absolute atomic E-state index is 0.0529. The van der Waals surface area contributed by atoms with Crippen molar-refractivity contribution in [2.75, 3.05) is 5.32 Å². The number of carbonyl (C=O) groups excluding carboxylic acids is 3. The summed E-state index contributed by atoms with van der Waals surface area (Å²) in [6, 6.07) is 10.1. The van der Waals surface area contributed by atoms with Gasteiger partial charge in [0.25, 0.3) is 11.6 Å². The number of nitro groups is 1. The van der Waals surface area contributed by atoms with Gasteiger partial charge >= 0.3 is 0 Å². The number of hydrogen-bond donors (Lipinski definition) is 4. The molecule has 0 saturated carbocycles. The zero-order chi connectivity index (χ0) is 23.0. The third kappa shape index (κ3) is 7.48. The Labute approximate surface area is 191 Å². The molecule has 162 valence electrons. The first-order chi connectivity index (χ1) is 14.7. The van der Waals surface area contributed by atoms with Crippen molar-refractivity contribution in [1.29, 1.82) is 0 Å². The zero-order valence-electron chi connectivity index (χ0n) is 15.6. The molecule has 0 saturated heterocycles. The number of rotatable bonds is 6. The van der Waals surface area contributed by atoms with Gasteiger partial charge in [-0.05, 0) is 36.5 Å². The van der Waals surface area contributed by atoms with Gasteiger partial charge in [0.05, 0.1) is 15.6 Å². The maximum Gasteiger partial charge on any atom is 0.288 e. The van der Waals surface area contributed by atoms with E-state index < -0.39 is 28.3 Å². The smallest absolute Gasteiger partial charge is 0.288 e. The van der Waals surface area contributed by atoms with Crippen LogP contribution in [0.25, 0.3) is 0 Å². The van der Waals surface area contributed by atoms with E-state index in [1.807, 2.05) is 0 Å². The summed E-state index contributed by atoms with van der Waals surface area (Å²) < 4.78 is 0. The third-order valence-corrected chi connectivity index (χ3v) is 4.53. The van der Waals surface area contributed by atoms with Crippen LogP contribution in [0.5, 0.6) is 0 Å². The first kappa shape index (κ1) is 24.0. The Morgan fingerprint density at radius 2 is 1.65 bits per heavy atom. The number of nitro benzene ring substituents is 1. The van der Waals surface area contributed by atoms with Gasteiger partial charge in [-0.2, -0.15) is 0 Å². The molecular formula is C18H15Cl2N5O5S. The van der Waals surface area contributed by atoms with Crippen molar-refractivity contribution >= 4 is 69.6 Å². The lowest BCUT2D eigenvalue weighted by molar-refractivity contribution is -0.384. The summed E-state index contributed by atoms with van der Waals surface area (Å²) in [6.07, 6.45) is -0.282. The van der Waals surface area contributed by atoms with E-state index in [2.05, 4.69) is 21.5 Å². The van der Waals surface area contributed by atoms with Gasteiger partial charge in [-0.1, -0.05) is 35.3 Å². The Morgan fingerprint density at radius 3 is 2.32 bits per heavy atom. The van der Waals surface area contributed by atoms with Crippen molar-refractivity contribution in [2.24, 2.45) is 0 Å². The van der Waals surface area contributed by atoms with Gasteiger partial charge in [0.2, 0.25) is 11.8 Å². The van der Waals surface area contributed by atoms with Crippen LogP contribution in [-0.2, 0) is 9.59 Å². The van der Waals surface area contributed by atoms with Crippen molar-refractivity contribution in [3.8, 4) is 0 Å². The van der Waals surface area contributed by atoms with E-state index in [-0.39, 0.29) is 28.5 Å². The largest absolute Gasteiger partial charge is 0.325 e. The number of hydrogen-bond acceptors (Lipinski definition) is 6. The predicted octanol–water partition coefficient (Wildman–Crippen LogP) is 2.96. The summed E-state index contributed by atoms with van der Waals surface area (Å²) in [5.74, 6) is -1.72. The summed E-state index contributed by atoms with van der Waals surface area (Å²) in [4.78, 5) is 46.0. The quantitative estimate of drug-likeness (QED) is 0.281. The predicted molar refractivity (Wildman–Crippen MR) is 119 cm³/mol. The first-order valence-electron chi connectivity index (χ1n) is 8.56. The first-order valence-corrected chi connectivity index (χ1v) is 9.72. The number of thiocarbonyl (C=S) groups is 1. The second kappa shape index (κ2) is 11.2. The summed E-state index contributed by atoms with van der Waals surface area (Å²) in [5, 5.41) is 15.7. The molecule has 0 aliphatic rings. The van der Waals surface area contributed by atoms with Crippen LogP contribution < -0.4 is 21.5 Å². The normalized spacial score (nSPS) is 10.0. The second-order valence-electron chi connectivity index (χ2n) is 5.91. The van der Waals surface area contributed by atoms with Gasteiger partial charge in [0.1, 0.15) is 5.02 Å². The number of amides is 3. The van der Waals surface area contributed by atoms with Crippen molar-refractivity contribution < 1.29 is 19.3 Å². The zero-order valence-corrected chi connectivity index (χ0v) is 17.9. The molecule has 0 heterocycles. The molecule has 0 spiro atoms. The van der Waals surface area contributed by atoms with E-state index in [4.69, 9.17) is 35.4 Å². The Morgan fingerprint density at radius 1 is 0.968 bits per heavy atom. The molecule has 0 aromatic heterocycles. The van der Waals surface area contributed by atoms with Gasteiger partial charge in [-0.3, -0.25) is 40.7 Å². The average molecular weight is 484 g/mol. The van der Waals surface area contributed by atoms with E-state index in [1.165, 1.54) is 12.1 Å². The standard InChI is InChI=1S/C18H15Cl2N5O5S/c19-11-3-1-2-4-13(11)21-15(26)7-8-16(27)23-24-18(31)22-17(28)10-5-6-12(20)14(9-10)25(29)30/h1-6,9H,7-8H2,(H,21,26)(H,23,27)(H2,22,24,28,31). The molecule has 0 unspecified atom stereocenters. The molecule has 10 nitrogen and oxygen atoms in total. The van der Waals surface area contributed by atoms with Crippen LogP contribution in [0.1, 0.15) is 23.2 Å². The van der Waals surface area contributed by atoms with Crippen molar-refractivity contribution in [3.05, 3.63) is 68.2 Å². The van der Waals surface area contributed by atoms with Crippen LogP contribution in [0.4, 0.5) is 11.4 Å². The average Bonchev–Trinajstić information content (AvgIpc) is 2.72.